The minimum atomic E-state index is -0.750. The maximum atomic E-state index is 12.5. The van der Waals surface area contributed by atoms with Gasteiger partial charge in [0.1, 0.15) is 6.04 Å². The second-order valence-electron chi connectivity index (χ2n) is 5.61. The summed E-state index contributed by atoms with van der Waals surface area (Å²) in [6, 6.07) is 11.7. The fraction of sp³-hybridized carbons (Fsp3) is 0.167. The van der Waals surface area contributed by atoms with Crippen LogP contribution in [-0.2, 0) is 4.79 Å². The molecule has 3 rings (SSSR count). The maximum Gasteiger partial charge on any atom is 0.275 e. The molecule has 1 N–H and O–H groups in total. The van der Waals surface area contributed by atoms with Crippen molar-refractivity contribution in [3.05, 3.63) is 69.6 Å². The van der Waals surface area contributed by atoms with Crippen molar-refractivity contribution < 1.29 is 4.79 Å². The summed E-state index contributed by atoms with van der Waals surface area (Å²) in [7, 11) is 0. The number of aromatic nitrogens is 2. The third-order valence-corrected chi connectivity index (χ3v) is 4.16. The predicted molar refractivity (Wildman–Crippen MR) is 95.5 cm³/mol. The van der Waals surface area contributed by atoms with E-state index in [1.54, 1.807) is 37.4 Å². The molecule has 0 saturated heterocycles. The molecule has 0 saturated carbocycles. The van der Waals surface area contributed by atoms with Gasteiger partial charge in [-0.15, -0.1) is 0 Å². The van der Waals surface area contributed by atoms with Gasteiger partial charge in [-0.1, -0.05) is 35.9 Å². The minimum Gasteiger partial charge on any atom is -0.324 e. The lowest BCUT2D eigenvalue weighted by molar-refractivity contribution is -0.119. The normalized spacial score (nSPS) is 12.1. The Labute approximate surface area is 143 Å². The van der Waals surface area contributed by atoms with E-state index in [9.17, 15) is 9.59 Å². The van der Waals surface area contributed by atoms with E-state index >= 15 is 0 Å². The fourth-order valence-electron chi connectivity index (χ4n) is 2.46. The number of nitrogens with zero attached hydrogens (tertiary/aromatic N) is 2. The molecule has 0 fully saturated rings. The molecule has 3 aromatic rings. The van der Waals surface area contributed by atoms with E-state index in [4.69, 9.17) is 11.6 Å². The van der Waals surface area contributed by atoms with Gasteiger partial charge in [0, 0.05) is 16.1 Å². The summed E-state index contributed by atoms with van der Waals surface area (Å²) in [5, 5.41) is 8.74. The summed E-state index contributed by atoms with van der Waals surface area (Å²) in [6.45, 7) is 3.51. The molecular formula is C18H16ClN3O2. The van der Waals surface area contributed by atoms with Crippen LogP contribution in [0.2, 0.25) is 5.02 Å². The van der Waals surface area contributed by atoms with Crippen LogP contribution in [0.25, 0.3) is 10.8 Å². The number of fused-ring (bicyclic) bond motifs is 1. The third-order valence-electron chi connectivity index (χ3n) is 3.92. The van der Waals surface area contributed by atoms with Gasteiger partial charge in [0.25, 0.3) is 5.56 Å². The lowest BCUT2D eigenvalue weighted by atomic mass is 10.2. The van der Waals surface area contributed by atoms with E-state index in [1.807, 2.05) is 25.1 Å². The molecule has 0 aliphatic carbocycles. The molecule has 5 nitrogen and oxygen atoms in total. The Balaban J connectivity index is 1.92. The predicted octanol–water partition coefficient (Wildman–Crippen LogP) is 3.56. The Morgan fingerprint density at radius 3 is 2.79 bits per heavy atom. The van der Waals surface area contributed by atoms with Crippen molar-refractivity contribution >= 4 is 34.0 Å². The van der Waals surface area contributed by atoms with Crippen LogP contribution in [0.5, 0.6) is 0 Å². The highest BCUT2D eigenvalue weighted by Crippen LogP contribution is 2.21. The summed E-state index contributed by atoms with van der Waals surface area (Å²) >= 11 is 5.97. The second kappa shape index (κ2) is 6.45. The Kier molecular flexibility index (Phi) is 4.36. The molecule has 122 valence electrons. The van der Waals surface area contributed by atoms with Crippen molar-refractivity contribution in [2.24, 2.45) is 0 Å². The van der Waals surface area contributed by atoms with E-state index in [1.165, 1.54) is 4.68 Å². The van der Waals surface area contributed by atoms with E-state index in [-0.39, 0.29) is 11.5 Å². The van der Waals surface area contributed by atoms with Gasteiger partial charge in [0.2, 0.25) is 5.91 Å². The SMILES string of the molecule is Cc1ccc(Cl)cc1NC(=O)C(C)n1ncc2ccccc2c1=O. The Morgan fingerprint density at radius 2 is 2.00 bits per heavy atom. The van der Waals surface area contributed by atoms with Crippen molar-refractivity contribution in [3.63, 3.8) is 0 Å². The monoisotopic (exact) mass is 341 g/mol. The van der Waals surface area contributed by atoms with Crippen molar-refractivity contribution in [1.82, 2.24) is 9.78 Å². The van der Waals surface area contributed by atoms with Gasteiger partial charge in [0.15, 0.2) is 0 Å². The zero-order valence-electron chi connectivity index (χ0n) is 13.3. The topological polar surface area (TPSA) is 64.0 Å². The highest BCUT2D eigenvalue weighted by Gasteiger charge is 2.19. The number of carbonyl (C=O) groups excluding carboxylic acids is 1. The number of rotatable bonds is 3. The maximum absolute atomic E-state index is 12.5. The number of carbonyl (C=O) groups is 1. The number of anilines is 1. The van der Waals surface area contributed by atoms with E-state index in [0.29, 0.717) is 16.1 Å². The molecule has 6 heteroatoms. The first-order valence-corrected chi connectivity index (χ1v) is 7.89. The van der Waals surface area contributed by atoms with Crippen LogP contribution in [0.4, 0.5) is 5.69 Å². The van der Waals surface area contributed by atoms with Gasteiger partial charge in [-0.3, -0.25) is 9.59 Å². The molecule has 0 aliphatic rings. The number of halogens is 1. The molecule has 24 heavy (non-hydrogen) atoms. The highest BCUT2D eigenvalue weighted by molar-refractivity contribution is 6.31. The summed E-state index contributed by atoms with van der Waals surface area (Å²) in [5.74, 6) is -0.328. The molecule has 0 aliphatic heterocycles. The van der Waals surface area contributed by atoms with Crippen LogP contribution >= 0.6 is 11.6 Å². The lowest BCUT2D eigenvalue weighted by Gasteiger charge is -2.15. The number of hydrogen-bond acceptors (Lipinski definition) is 3. The van der Waals surface area contributed by atoms with Gasteiger partial charge in [-0.2, -0.15) is 5.10 Å². The van der Waals surface area contributed by atoms with Gasteiger partial charge in [-0.05, 0) is 37.6 Å². The van der Waals surface area contributed by atoms with Crippen LogP contribution < -0.4 is 10.9 Å². The molecule has 1 amide bonds. The van der Waals surface area contributed by atoms with Crippen molar-refractivity contribution in [3.8, 4) is 0 Å². The largest absolute Gasteiger partial charge is 0.324 e. The standard InChI is InChI=1S/C18H16ClN3O2/c1-11-7-8-14(19)9-16(11)21-17(23)12(2)22-18(24)15-6-4-3-5-13(15)10-20-22/h3-10,12H,1-2H3,(H,21,23). The molecule has 1 unspecified atom stereocenters. The summed E-state index contributed by atoms with van der Waals surface area (Å²) in [5.41, 5.74) is 1.21. The van der Waals surface area contributed by atoms with Crippen molar-refractivity contribution in [1.29, 1.82) is 0 Å². The van der Waals surface area contributed by atoms with Crippen LogP contribution in [-0.4, -0.2) is 15.7 Å². The number of benzene rings is 2. The zero-order chi connectivity index (χ0) is 17.3. The van der Waals surface area contributed by atoms with E-state index in [0.717, 1.165) is 10.9 Å². The quantitative estimate of drug-likeness (QED) is 0.792. The smallest absolute Gasteiger partial charge is 0.275 e. The Morgan fingerprint density at radius 1 is 1.25 bits per heavy atom. The van der Waals surface area contributed by atoms with E-state index in [2.05, 4.69) is 10.4 Å². The van der Waals surface area contributed by atoms with Gasteiger partial charge in [-0.25, -0.2) is 4.68 Å². The number of amides is 1. The van der Waals surface area contributed by atoms with Crippen LogP contribution in [0.3, 0.4) is 0 Å². The summed E-state index contributed by atoms with van der Waals surface area (Å²) in [4.78, 5) is 25.1. The molecule has 1 atom stereocenters. The number of aryl methyl sites for hydroxylation is 1. The molecule has 0 radical (unpaired) electrons. The Bertz CT molecular complexity index is 981. The van der Waals surface area contributed by atoms with Gasteiger partial charge in [0.05, 0.1) is 11.6 Å². The van der Waals surface area contributed by atoms with Crippen molar-refractivity contribution in [2.75, 3.05) is 5.32 Å². The molecule has 0 spiro atoms. The second-order valence-corrected chi connectivity index (χ2v) is 6.04. The first-order chi connectivity index (χ1) is 11.5. The zero-order valence-corrected chi connectivity index (χ0v) is 14.0. The first kappa shape index (κ1) is 16.2. The van der Waals surface area contributed by atoms with E-state index < -0.39 is 6.04 Å². The lowest BCUT2D eigenvalue weighted by Crippen LogP contribution is -2.33. The summed E-state index contributed by atoms with van der Waals surface area (Å²) < 4.78 is 1.19. The molecular weight excluding hydrogens is 326 g/mol. The van der Waals surface area contributed by atoms with Gasteiger partial charge < -0.3 is 5.32 Å². The van der Waals surface area contributed by atoms with Crippen molar-refractivity contribution in [2.45, 2.75) is 19.9 Å². The molecule has 1 heterocycles. The Hall–Kier alpha value is -2.66. The molecule has 1 aromatic heterocycles. The van der Waals surface area contributed by atoms with Crippen LogP contribution in [0.1, 0.15) is 18.5 Å². The third kappa shape index (κ3) is 3.03. The van der Waals surface area contributed by atoms with Crippen LogP contribution in [0, 0.1) is 6.92 Å². The number of hydrogen-bond donors (Lipinski definition) is 1. The minimum absolute atomic E-state index is 0.293. The van der Waals surface area contributed by atoms with Crippen LogP contribution in [0.15, 0.2) is 53.5 Å². The molecule has 0 bridgehead atoms. The highest BCUT2D eigenvalue weighted by atomic mass is 35.5. The molecule has 2 aromatic carbocycles. The average Bonchev–Trinajstić information content (AvgIpc) is 2.58. The average molecular weight is 342 g/mol. The number of nitrogens with one attached hydrogen (secondary N) is 1. The van der Waals surface area contributed by atoms with Gasteiger partial charge >= 0.3 is 0 Å². The first-order valence-electron chi connectivity index (χ1n) is 7.51. The summed E-state index contributed by atoms with van der Waals surface area (Å²) in [6.07, 6.45) is 1.59. The fourth-order valence-corrected chi connectivity index (χ4v) is 2.63.